The number of anilines is 1. The van der Waals surface area contributed by atoms with E-state index >= 15 is 0 Å². The van der Waals surface area contributed by atoms with Crippen LogP contribution in [0.5, 0.6) is 0 Å². The topological polar surface area (TPSA) is 42.0 Å². The largest absolute Gasteiger partial charge is 0.321 e. The van der Waals surface area contributed by atoms with Crippen LogP contribution in [-0.4, -0.2) is 17.1 Å². The average Bonchev–Trinajstić information content (AvgIpc) is 2.39. The lowest BCUT2D eigenvalue weighted by Crippen LogP contribution is -2.12. The molecule has 0 fully saturated rings. The zero-order valence-electron chi connectivity index (χ0n) is 9.68. The van der Waals surface area contributed by atoms with E-state index in [1.807, 2.05) is 30.5 Å². The second-order valence-corrected chi connectivity index (χ2v) is 5.31. The SMILES string of the molecule is CSc1ccccc1NC(=O)c1cncc(Br)c1. The van der Waals surface area contributed by atoms with Gasteiger partial charge in [-0.1, -0.05) is 12.1 Å². The zero-order chi connectivity index (χ0) is 13.0. The van der Waals surface area contributed by atoms with E-state index in [0.29, 0.717) is 5.56 Å². The molecule has 0 bridgehead atoms. The molecule has 18 heavy (non-hydrogen) atoms. The third-order valence-corrected chi connectivity index (χ3v) is 3.55. The van der Waals surface area contributed by atoms with Crippen LogP contribution in [0.2, 0.25) is 0 Å². The normalized spacial score (nSPS) is 10.1. The molecule has 0 saturated carbocycles. The molecule has 0 aliphatic carbocycles. The molecular formula is C13H11BrN2OS. The number of carbonyl (C=O) groups excluding carboxylic acids is 1. The van der Waals surface area contributed by atoms with Gasteiger partial charge in [0.05, 0.1) is 11.3 Å². The van der Waals surface area contributed by atoms with E-state index < -0.39 is 0 Å². The fraction of sp³-hybridized carbons (Fsp3) is 0.0769. The predicted octanol–water partition coefficient (Wildman–Crippen LogP) is 3.82. The Balaban J connectivity index is 2.21. The van der Waals surface area contributed by atoms with Crippen molar-refractivity contribution in [2.75, 3.05) is 11.6 Å². The maximum absolute atomic E-state index is 12.1. The number of pyridine rings is 1. The van der Waals surface area contributed by atoms with E-state index in [0.717, 1.165) is 15.1 Å². The zero-order valence-corrected chi connectivity index (χ0v) is 12.1. The van der Waals surface area contributed by atoms with Gasteiger partial charge in [0.2, 0.25) is 0 Å². The predicted molar refractivity (Wildman–Crippen MR) is 78.1 cm³/mol. The van der Waals surface area contributed by atoms with Crippen molar-refractivity contribution in [3.63, 3.8) is 0 Å². The summed E-state index contributed by atoms with van der Waals surface area (Å²) in [7, 11) is 0. The van der Waals surface area contributed by atoms with E-state index in [-0.39, 0.29) is 5.91 Å². The standard InChI is InChI=1S/C13H11BrN2OS/c1-18-12-5-3-2-4-11(12)16-13(17)9-6-10(14)8-15-7-9/h2-8H,1H3,(H,16,17). The van der Waals surface area contributed by atoms with Crippen molar-refractivity contribution < 1.29 is 4.79 Å². The van der Waals surface area contributed by atoms with Gasteiger partial charge in [0.15, 0.2) is 0 Å². The lowest BCUT2D eigenvalue weighted by molar-refractivity contribution is 0.102. The number of thioether (sulfide) groups is 1. The Labute approximate surface area is 118 Å². The molecule has 1 aromatic carbocycles. The molecule has 1 N–H and O–H groups in total. The van der Waals surface area contributed by atoms with Crippen molar-refractivity contribution in [2.45, 2.75) is 4.90 Å². The van der Waals surface area contributed by atoms with Crippen LogP contribution in [0.15, 0.2) is 52.1 Å². The maximum Gasteiger partial charge on any atom is 0.257 e. The summed E-state index contributed by atoms with van der Waals surface area (Å²) in [6.07, 6.45) is 5.17. The minimum atomic E-state index is -0.162. The second kappa shape index (κ2) is 6.02. The Morgan fingerprint density at radius 3 is 2.83 bits per heavy atom. The van der Waals surface area contributed by atoms with E-state index in [1.165, 1.54) is 0 Å². The third-order valence-electron chi connectivity index (χ3n) is 2.32. The second-order valence-electron chi connectivity index (χ2n) is 3.55. The molecule has 1 amide bonds. The minimum Gasteiger partial charge on any atom is -0.321 e. The number of aromatic nitrogens is 1. The van der Waals surface area contributed by atoms with Gasteiger partial charge in [0, 0.05) is 21.8 Å². The first-order valence-corrected chi connectivity index (χ1v) is 7.27. The van der Waals surface area contributed by atoms with E-state index in [9.17, 15) is 4.79 Å². The first kappa shape index (κ1) is 13.1. The highest BCUT2D eigenvalue weighted by molar-refractivity contribution is 9.10. The van der Waals surface area contributed by atoms with Crippen molar-refractivity contribution in [3.05, 3.63) is 52.8 Å². The molecule has 3 nitrogen and oxygen atoms in total. The van der Waals surface area contributed by atoms with Crippen molar-refractivity contribution in [1.29, 1.82) is 0 Å². The number of amides is 1. The molecule has 5 heteroatoms. The molecule has 0 aliphatic heterocycles. The smallest absolute Gasteiger partial charge is 0.257 e. The number of hydrogen-bond donors (Lipinski definition) is 1. The number of nitrogens with one attached hydrogen (secondary N) is 1. The molecule has 2 aromatic rings. The van der Waals surface area contributed by atoms with Crippen LogP contribution in [0.4, 0.5) is 5.69 Å². The molecule has 1 heterocycles. The summed E-state index contributed by atoms with van der Waals surface area (Å²) in [4.78, 5) is 17.1. The van der Waals surface area contributed by atoms with Gasteiger partial charge in [-0.05, 0) is 40.4 Å². The van der Waals surface area contributed by atoms with Gasteiger partial charge in [-0.2, -0.15) is 0 Å². The Hall–Kier alpha value is -1.33. The summed E-state index contributed by atoms with van der Waals surface area (Å²) in [5.74, 6) is -0.162. The molecule has 0 aliphatic rings. The molecule has 0 radical (unpaired) electrons. The molecule has 2 rings (SSSR count). The van der Waals surface area contributed by atoms with Crippen molar-refractivity contribution in [3.8, 4) is 0 Å². The Morgan fingerprint density at radius 1 is 1.33 bits per heavy atom. The summed E-state index contributed by atoms with van der Waals surface area (Å²) in [5.41, 5.74) is 1.34. The molecule has 0 spiro atoms. The van der Waals surface area contributed by atoms with Crippen LogP contribution in [0, 0.1) is 0 Å². The first-order chi connectivity index (χ1) is 8.70. The molecular weight excluding hydrogens is 312 g/mol. The first-order valence-electron chi connectivity index (χ1n) is 5.25. The van der Waals surface area contributed by atoms with Gasteiger partial charge < -0.3 is 5.32 Å². The van der Waals surface area contributed by atoms with Gasteiger partial charge in [-0.3, -0.25) is 9.78 Å². The van der Waals surface area contributed by atoms with Crippen LogP contribution >= 0.6 is 27.7 Å². The lowest BCUT2D eigenvalue weighted by Gasteiger charge is -2.09. The van der Waals surface area contributed by atoms with Crippen molar-refractivity contribution >= 4 is 39.3 Å². The number of halogens is 1. The van der Waals surface area contributed by atoms with Crippen LogP contribution in [0.25, 0.3) is 0 Å². The Kier molecular flexibility index (Phi) is 4.38. The summed E-state index contributed by atoms with van der Waals surface area (Å²) in [6.45, 7) is 0. The number of carbonyl (C=O) groups is 1. The number of benzene rings is 1. The summed E-state index contributed by atoms with van der Waals surface area (Å²) in [6, 6.07) is 9.44. The Morgan fingerprint density at radius 2 is 2.11 bits per heavy atom. The van der Waals surface area contributed by atoms with Crippen molar-refractivity contribution in [2.24, 2.45) is 0 Å². The van der Waals surface area contributed by atoms with Gasteiger partial charge in [-0.15, -0.1) is 11.8 Å². The number of hydrogen-bond acceptors (Lipinski definition) is 3. The number of nitrogens with zero attached hydrogens (tertiary/aromatic N) is 1. The molecule has 1 aromatic heterocycles. The maximum atomic E-state index is 12.1. The third kappa shape index (κ3) is 3.11. The fourth-order valence-electron chi connectivity index (χ4n) is 1.48. The van der Waals surface area contributed by atoms with Gasteiger partial charge >= 0.3 is 0 Å². The lowest BCUT2D eigenvalue weighted by atomic mass is 10.2. The fourth-order valence-corrected chi connectivity index (χ4v) is 2.40. The average molecular weight is 323 g/mol. The highest BCUT2D eigenvalue weighted by atomic mass is 79.9. The van der Waals surface area contributed by atoms with Crippen LogP contribution in [0.1, 0.15) is 10.4 Å². The van der Waals surface area contributed by atoms with E-state index in [2.05, 4.69) is 26.2 Å². The highest BCUT2D eigenvalue weighted by Crippen LogP contribution is 2.25. The van der Waals surface area contributed by atoms with E-state index in [4.69, 9.17) is 0 Å². The summed E-state index contributed by atoms with van der Waals surface area (Å²) >= 11 is 4.89. The number of para-hydroxylation sites is 1. The van der Waals surface area contributed by atoms with E-state index in [1.54, 1.807) is 30.2 Å². The summed E-state index contributed by atoms with van der Waals surface area (Å²) in [5, 5.41) is 2.88. The van der Waals surface area contributed by atoms with Crippen LogP contribution < -0.4 is 5.32 Å². The van der Waals surface area contributed by atoms with Crippen LogP contribution in [-0.2, 0) is 0 Å². The van der Waals surface area contributed by atoms with Crippen molar-refractivity contribution in [1.82, 2.24) is 4.98 Å². The highest BCUT2D eigenvalue weighted by Gasteiger charge is 2.09. The van der Waals surface area contributed by atoms with Crippen LogP contribution in [0.3, 0.4) is 0 Å². The molecule has 0 atom stereocenters. The Bertz CT molecular complexity index is 574. The molecule has 92 valence electrons. The molecule has 0 unspecified atom stereocenters. The summed E-state index contributed by atoms with van der Waals surface area (Å²) < 4.78 is 0.785. The molecule has 0 saturated heterocycles. The minimum absolute atomic E-state index is 0.162. The number of rotatable bonds is 3. The quantitative estimate of drug-likeness (QED) is 0.873. The van der Waals surface area contributed by atoms with Gasteiger partial charge in [0.1, 0.15) is 0 Å². The monoisotopic (exact) mass is 322 g/mol. The van der Waals surface area contributed by atoms with Gasteiger partial charge in [0.25, 0.3) is 5.91 Å². The van der Waals surface area contributed by atoms with Gasteiger partial charge in [-0.25, -0.2) is 0 Å².